The number of rotatable bonds is 9. The number of nitrogens with one attached hydrogen (secondary N) is 2. The SMILES string of the molecule is CN(C)C1(CNC(=O)Nc2ccc(CC3CCN(Cc4ccc(C(O)(C(F)(F)F)C(F)(F)F)cc4)CC3)cc2)CCOCC1. The Kier molecular flexibility index (Phi) is 10.5. The largest absolute Gasteiger partial charge is 0.430 e. The van der Waals surface area contributed by atoms with Gasteiger partial charge in [0.1, 0.15) is 0 Å². The Hall–Kier alpha value is -2.87. The first-order chi connectivity index (χ1) is 20.6. The van der Waals surface area contributed by atoms with Crippen LogP contribution in [0, 0.1) is 5.92 Å². The Morgan fingerprint density at radius 1 is 0.932 bits per heavy atom. The van der Waals surface area contributed by atoms with Crippen molar-refractivity contribution >= 4 is 11.7 Å². The summed E-state index contributed by atoms with van der Waals surface area (Å²) in [6, 6.07) is 11.3. The molecule has 0 spiro atoms. The molecule has 244 valence electrons. The van der Waals surface area contributed by atoms with E-state index in [0.29, 0.717) is 55.6 Å². The van der Waals surface area contributed by atoms with Gasteiger partial charge in [0.2, 0.25) is 0 Å². The predicted molar refractivity (Wildman–Crippen MR) is 154 cm³/mol. The van der Waals surface area contributed by atoms with E-state index in [4.69, 9.17) is 4.74 Å². The van der Waals surface area contributed by atoms with E-state index in [-0.39, 0.29) is 11.6 Å². The Morgan fingerprint density at radius 3 is 2.00 bits per heavy atom. The Balaban J connectivity index is 1.22. The maximum Gasteiger partial charge on any atom is 0.430 e. The molecule has 2 aliphatic heterocycles. The molecule has 7 nitrogen and oxygen atoms in total. The summed E-state index contributed by atoms with van der Waals surface area (Å²) >= 11 is 0. The molecule has 0 aliphatic carbocycles. The maximum atomic E-state index is 13.1. The van der Waals surface area contributed by atoms with Crippen molar-refractivity contribution in [1.82, 2.24) is 15.1 Å². The van der Waals surface area contributed by atoms with E-state index in [1.807, 2.05) is 38.4 Å². The lowest BCUT2D eigenvalue weighted by molar-refractivity contribution is -0.376. The number of ether oxygens (including phenoxy) is 1. The minimum atomic E-state index is -5.90. The van der Waals surface area contributed by atoms with Crippen LogP contribution in [0.4, 0.5) is 36.8 Å². The normalized spacial score (nSPS) is 18.8. The standard InChI is InChI=1S/C31H40F6N4O3/c1-40(2)28(13-17-44-18-14-28)21-38-27(42)39-26-9-5-22(6-10-26)19-23-11-15-41(16-12-23)20-24-3-7-25(8-4-24)29(43,30(32,33)34)31(35,36)37/h3-10,23,43H,11-21H2,1-2H3,(H2,38,39,42). The third kappa shape index (κ3) is 7.85. The van der Waals surface area contributed by atoms with Gasteiger partial charge in [-0.2, -0.15) is 26.3 Å². The van der Waals surface area contributed by atoms with Crippen LogP contribution in [-0.2, 0) is 23.3 Å². The summed E-state index contributed by atoms with van der Waals surface area (Å²) in [6.07, 6.45) is -7.47. The smallest absolute Gasteiger partial charge is 0.381 e. The molecule has 0 aromatic heterocycles. The van der Waals surface area contributed by atoms with Crippen LogP contribution in [0.1, 0.15) is 42.4 Å². The highest BCUT2D eigenvalue weighted by molar-refractivity contribution is 5.89. The van der Waals surface area contributed by atoms with Crippen molar-refractivity contribution in [3.8, 4) is 0 Å². The summed E-state index contributed by atoms with van der Waals surface area (Å²) in [5, 5.41) is 15.5. The van der Waals surface area contributed by atoms with Crippen LogP contribution in [0.3, 0.4) is 0 Å². The number of halogens is 6. The second kappa shape index (κ2) is 13.6. The lowest BCUT2D eigenvalue weighted by atomic mass is 9.88. The van der Waals surface area contributed by atoms with E-state index in [2.05, 4.69) is 20.4 Å². The van der Waals surface area contributed by atoms with E-state index < -0.39 is 23.5 Å². The molecule has 0 atom stereocenters. The molecule has 44 heavy (non-hydrogen) atoms. The number of amides is 2. The molecule has 0 radical (unpaired) electrons. The first-order valence-corrected chi connectivity index (χ1v) is 14.7. The van der Waals surface area contributed by atoms with Gasteiger partial charge in [0.05, 0.1) is 0 Å². The second-order valence-electron chi connectivity index (χ2n) is 12.1. The van der Waals surface area contributed by atoms with Crippen LogP contribution in [-0.4, -0.2) is 85.8 Å². The summed E-state index contributed by atoms with van der Waals surface area (Å²) in [7, 11) is 4.03. The summed E-state index contributed by atoms with van der Waals surface area (Å²) in [6.45, 7) is 3.73. The second-order valence-corrected chi connectivity index (χ2v) is 12.1. The first-order valence-electron chi connectivity index (χ1n) is 14.7. The number of likely N-dealkylation sites (tertiary alicyclic amines) is 1. The summed E-state index contributed by atoms with van der Waals surface area (Å²) in [5.74, 6) is 0.422. The van der Waals surface area contributed by atoms with Crippen molar-refractivity contribution in [3.63, 3.8) is 0 Å². The number of likely N-dealkylation sites (N-methyl/N-ethyl adjacent to an activating group) is 1. The number of carbonyl (C=O) groups is 1. The van der Waals surface area contributed by atoms with Gasteiger partial charge in [0, 0.05) is 43.1 Å². The third-order valence-electron chi connectivity index (χ3n) is 8.99. The van der Waals surface area contributed by atoms with E-state index in [1.54, 1.807) is 0 Å². The van der Waals surface area contributed by atoms with Crippen LogP contribution in [0.25, 0.3) is 0 Å². The lowest BCUT2D eigenvalue weighted by Gasteiger charge is -2.42. The number of anilines is 1. The van der Waals surface area contributed by atoms with Crippen molar-refractivity contribution in [3.05, 3.63) is 65.2 Å². The third-order valence-corrected chi connectivity index (χ3v) is 8.99. The minimum absolute atomic E-state index is 0.125. The number of alkyl halides is 6. The highest BCUT2D eigenvalue weighted by Gasteiger charge is 2.71. The molecule has 4 rings (SSSR count). The number of carbonyl (C=O) groups excluding carboxylic acids is 1. The average Bonchev–Trinajstić information content (AvgIpc) is 2.97. The van der Waals surface area contributed by atoms with Crippen molar-refractivity contribution in [2.45, 2.75) is 62.1 Å². The molecule has 2 aromatic rings. The average molecular weight is 631 g/mol. The monoisotopic (exact) mass is 630 g/mol. The number of piperidine rings is 1. The Morgan fingerprint density at radius 2 is 1.48 bits per heavy atom. The molecule has 13 heteroatoms. The minimum Gasteiger partial charge on any atom is -0.381 e. The van der Waals surface area contributed by atoms with Gasteiger partial charge >= 0.3 is 18.4 Å². The highest BCUT2D eigenvalue weighted by Crippen LogP contribution is 2.50. The Bertz CT molecular complexity index is 1210. The number of hydrogen-bond acceptors (Lipinski definition) is 5. The fraction of sp³-hybridized carbons (Fsp3) is 0.581. The topological polar surface area (TPSA) is 77.1 Å². The molecule has 2 aromatic carbocycles. The van der Waals surface area contributed by atoms with Gasteiger partial charge in [0.25, 0.3) is 5.60 Å². The molecule has 2 heterocycles. The Labute approximate surface area is 253 Å². The number of benzene rings is 2. The molecule has 2 amide bonds. The van der Waals surface area contributed by atoms with Gasteiger partial charge in [-0.3, -0.25) is 4.90 Å². The van der Waals surface area contributed by atoms with Crippen LogP contribution in [0.5, 0.6) is 0 Å². The summed E-state index contributed by atoms with van der Waals surface area (Å²) in [5.41, 5.74) is -3.90. The summed E-state index contributed by atoms with van der Waals surface area (Å²) < 4.78 is 84.3. The van der Waals surface area contributed by atoms with Gasteiger partial charge in [-0.1, -0.05) is 36.4 Å². The molecule has 0 bridgehead atoms. The highest BCUT2D eigenvalue weighted by atomic mass is 19.4. The number of nitrogens with zero attached hydrogens (tertiary/aromatic N) is 2. The zero-order chi connectivity index (χ0) is 32.2. The fourth-order valence-electron chi connectivity index (χ4n) is 5.96. The van der Waals surface area contributed by atoms with Gasteiger partial charge in [-0.25, -0.2) is 4.79 Å². The summed E-state index contributed by atoms with van der Waals surface area (Å²) in [4.78, 5) is 16.8. The number of urea groups is 1. The van der Waals surface area contributed by atoms with Crippen molar-refractivity contribution in [2.24, 2.45) is 5.92 Å². The fourth-order valence-corrected chi connectivity index (χ4v) is 5.96. The quantitative estimate of drug-likeness (QED) is 0.311. The zero-order valence-electron chi connectivity index (χ0n) is 24.9. The first kappa shape index (κ1) is 34.0. The van der Waals surface area contributed by atoms with Crippen LogP contribution < -0.4 is 10.6 Å². The van der Waals surface area contributed by atoms with Crippen LogP contribution in [0.15, 0.2) is 48.5 Å². The molecule has 0 unspecified atom stereocenters. The van der Waals surface area contributed by atoms with E-state index >= 15 is 0 Å². The predicted octanol–water partition coefficient (Wildman–Crippen LogP) is 5.69. The van der Waals surface area contributed by atoms with Gasteiger partial charge in [-0.15, -0.1) is 0 Å². The van der Waals surface area contributed by atoms with Crippen molar-refractivity contribution in [1.29, 1.82) is 0 Å². The molecule has 2 aliphatic rings. The van der Waals surface area contributed by atoms with Crippen molar-refractivity contribution in [2.75, 3.05) is 52.3 Å². The van der Waals surface area contributed by atoms with Crippen molar-refractivity contribution < 1.29 is 41.0 Å². The lowest BCUT2D eigenvalue weighted by Crippen LogP contribution is -2.56. The number of aliphatic hydroxyl groups is 1. The van der Waals surface area contributed by atoms with Crippen LogP contribution in [0.2, 0.25) is 0 Å². The molecule has 3 N–H and O–H groups in total. The zero-order valence-corrected chi connectivity index (χ0v) is 24.9. The van der Waals surface area contributed by atoms with E-state index in [1.165, 1.54) is 12.1 Å². The molecule has 2 saturated heterocycles. The number of hydrogen-bond donors (Lipinski definition) is 3. The van der Waals surface area contributed by atoms with E-state index in [0.717, 1.165) is 50.8 Å². The molecular formula is C31H40F6N4O3. The molecule has 2 fully saturated rings. The van der Waals surface area contributed by atoms with Crippen LogP contribution >= 0.6 is 0 Å². The van der Waals surface area contributed by atoms with E-state index in [9.17, 15) is 36.2 Å². The van der Waals surface area contributed by atoms with Gasteiger partial charge in [0.15, 0.2) is 0 Å². The maximum absolute atomic E-state index is 13.1. The van der Waals surface area contributed by atoms with Gasteiger partial charge < -0.3 is 25.4 Å². The molecule has 0 saturated carbocycles. The van der Waals surface area contributed by atoms with Gasteiger partial charge in [-0.05, 0) is 88.5 Å². The molecular weight excluding hydrogens is 590 g/mol.